The van der Waals surface area contributed by atoms with Crippen molar-refractivity contribution in [2.75, 3.05) is 55.4 Å². The Hall–Kier alpha value is -2.70. The van der Waals surface area contributed by atoms with Crippen molar-refractivity contribution in [2.45, 2.75) is 5.41 Å². The van der Waals surface area contributed by atoms with E-state index in [9.17, 15) is 5.26 Å². The zero-order valence-electron chi connectivity index (χ0n) is 19.7. The molecule has 0 aliphatic heterocycles. The first-order valence-electron chi connectivity index (χ1n) is 10.9. The van der Waals surface area contributed by atoms with Gasteiger partial charge in [0.2, 0.25) is 0 Å². The molecule has 7 nitrogen and oxygen atoms in total. The van der Waals surface area contributed by atoms with Crippen LogP contribution in [0.5, 0.6) is 0 Å². The molecule has 0 spiro atoms. The lowest BCUT2D eigenvalue weighted by molar-refractivity contribution is 0.311. The van der Waals surface area contributed by atoms with Crippen LogP contribution in [0.1, 0.15) is 16.7 Å². The molecule has 0 heterocycles. The van der Waals surface area contributed by atoms with E-state index in [4.69, 9.17) is 15.3 Å². The fourth-order valence-electron chi connectivity index (χ4n) is 3.81. The quantitative estimate of drug-likeness (QED) is 0.187. The first kappa shape index (κ1) is 33.3. The Balaban J connectivity index is 0.00000408. The molecular formula is C26H33Cl3N4O3. The molecule has 0 aliphatic rings. The zero-order chi connectivity index (χ0) is 23.5. The van der Waals surface area contributed by atoms with Gasteiger partial charge in [0.05, 0.1) is 25.9 Å². The Morgan fingerprint density at radius 2 is 0.778 bits per heavy atom. The molecule has 3 aromatic carbocycles. The van der Waals surface area contributed by atoms with E-state index in [-0.39, 0.29) is 57.0 Å². The summed E-state index contributed by atoms with van der Waals surface area (Å²) in [5.74, 6) is 0. The van der Waals surface area contributed by atoms with E-state index in [1.165, 1.54) is 0 Å². The van der Waals surface area contributed by atoms with Crippen molar-refractivity contribution in [1.82, 2.24) is 0 Å². The molecule has 0 saturated carbocycles. The van der Waals surface area contributed by atoms with Crippen LogP contribution >= 0.6 is 37.2 Å². The van der Waals surface area contributed by atoms with Crippen molar-refractivity contribution in [2.24, 2.45) is 0 Å². The zero-order valence-corrected chi connectivity index (χ0v) is 22.1. The van der Waals surface area contributed by atoms with E-state index in [0.29, 0.717) is 19.6 Å². The van der Waals surface area contributed by atoms with Crippen molar-refractivity contribution in [1.29, 1.82) is 5.26 Å². The highest BCUT2D eigenvalue weighted by Crippen LogP contribution is 2.40. The molecule has 0 aliphatic carbocycles. The molecule has 0 atom stereocenters. The molecule has 0 bridgehead atoms. The fraction of sp³-hybridized carbons (Fsp3) is 0.269. The Labute approximate surface area is 230 Å². The number of benzene rings is 3. The third-order valence-corrected chi connectivity index (χ3v) is 5.44. The van der Waals surface area contributed by atoms with Crippen molar-refractivity contribution < 1.29 is 15.3 Å². The van der Waals surface area contributed by atoms with Crippen LogP contribution in [0.4, 0.5) is 17.1 Å². The van der Waals surface area contributed by atoms with E-state index in [2.05, 4.69) is 22.0 Å². The second-order valence-electron chi connectivity index (χ2n) is 7.55. The van der Waals surface area contributed by atoms with Gasteiger partial charge in [0.25, 0.3) is 0 Å². The summed E-state index contributed by atoms with van der Waals surface area (Å²) >= 11 is 0. The summed E-state index contributed by atoms with van der Waals surface area (Å²) < 4.78 is 0. The normalized spacial score (nSPS) is 10.1. The fourth-order valence-corrected chi connectivity index (χ4v) is 3.81. The molecule has 0 aromatic heterocycles. The smallest absolute Gasteiger partial charge is 0.132 e. The topological polar surface area (TPSA) is 121 Å². The van der Waals surface area contributed by atoms with Crippen molar-refractivity contribution in [3.8, 4) is 6.07 Å². The Kier molecular flexibility index (Phi) is 15.6. The molecule has 0 fully saturated rings. The van der Waals surface area contributed by atoms with Gasteiger partial charge in [0, 0.05) is 36.7 Å². The SMILES string of the molecule is Cl.Cl.Cl.N#CC(c1ccc(NCCO)cc1)(c1ccc(NCCO)cc1)c1ccc(NCCO)cc1. The van der Waals surface area contributed by atoms with Crippen molar-refractivity contribution in [3.63, 3.8) is 0 Å². The van der Waals surface area contributed by atoms with E-state index in [1.807, 2.05) is 72.8 Å². The molecule has 0 radical (unpaired) electrons. The highest BCUT2D eigenvalue weighted by molar-refractivity contribution is 5.86. The molecule has 10 heteroatoms. The average molecular weight is 556 g/mol. The number of aliphatic hydroxyl groups excluding tert-OH is 3. The van der Waals surface area contributed by atoms with Gasteiger partial charge in [0.1, 0.15) is 5.41 Å². The summed E-state index contributed by atoms with van der Waals surface area (Å²) in [6.45, 7) is 1.47. The van der Waals surface area contributed by atoms with Gasteiger partial charge in [-0.3, -0.25) is 0 Å². The first-order chi connectivity index (χ1) is 16.2. The molecule has 0 saturated heterocycles. The van der Waals surface area contributed by atoms with Crippen LogP contribution in [0.2, 0.25) is 0 Å². The number of hydrogen-bond acceptors (Lipinski definition) is 7. The molecule has 36 heavy (non-hydrogen) atoms. The average Bonchev–Trinajstić information content (AvgIpc) is 2.87. The van der Waals surface area contributed by atoms with Gasteiger partial charge in [-0.2, -0.15) is 5.26 Å². The minimum absolute atomic E-state index is 0. The monoisotopic (exact) mass is 554 g/mol. The predicted molar refractivity (Wildman–Crippen MR) is 153 cm³/mol. The van der Waals surface area contributed by atoms with Crippen molar-refractivity contribution >= 4 is 54.3 Å². The molecule has 3 aromatic rings. The maximum absolute atomic E-state index is 10.6. The maximum Gasteiger partial charge on any atom is 0.132 e. The van der Waals surface area contributed by atoms with Gasteiger partial charge < -0.3 is 31.3 Å². The molecule has 3 rings (SSSR count). The largest absolute Gasteiger partial charge is 0.395 e. The number of aliphatic hydroxyl groups is 3. The van der Waals surface area contributed by atoms with Gasteiger partial charge in [0.15, 0.2) is 0 Å². The van der Waals surface area contributed by atoms with Crippen LogP contribution in [-0.2, 0) is 5.41 Å². The van der Waals surface area contributed by atoms with Crippen molar-refractivity contribution in [3.05, 3.63) is 89.5 Å². The minimum Gasteiger partial charge on any atom is -0.395 e. The molecule has 196 valence electrons. The van der Waals surface area contributed by atoms with Crippen LogP contribution in [-0.4, -0.2) is 54.8 Å². The van der Waals surface area contributed by atoms with Crippen LogP contribution in [0, 0.1) is 11.3 Å². The predicted octanol–water partition coefficient (Wildman–Crippen LogP) is 4.02. The summed E-state index contributed by atoms with van der Waals surface area (Å²) in [7, 11) is 0. The second kappa shape index (κ2) is 16.9. The van der Waals surface area contributed by atoms with Gasteiger partial charge >= 0.3 is 0 Å². The van der Waals surface area contributed by atoms with E-state index in [1.54, 1.807) is 0 Å². The van der Waals surface area contributed by atoms with Crippen LogP contribution in [0.3, 0.4) is 0 Å². The molecule has 0 amide bonds. The number of nitriles is 1. The number of nitrogens with zero attached hydrogens (tertiary/aromatic N) is 1. The third kappa shape index (κ3) is 7.90. The Morgan fingerprint density at radius 3 is 0.972 bits per heavy atom. The molecule has 0 unspecified atom stereocenters. The Bertz CT molecular complexity index is 919. The van der Waals surface area contributed by atoms with E-state index < -0.39 is 5.41 Å². The lowest BCUT2D eigenvalue weighted by Crippen LogP contribution is -2.27. The summed E-state index contributed by atoms with van der Waals surface area (Å²) in [5.41, 5.74) is 4.04. The number of halogens is 3. The molecule has 6 N–H and O–H groups in total. The summed E-state index contributed by atoms with van der Waals surface area (Å²) in [6, 6.07) is 25.6. The lowest BCUT2D eigenvalue weighted by Gasteiger charge is -2.29. The second-order valence-corrected chi connectivity index (χ2v) is 7.55. The van der Waals surface area contributed by atoms with Crippen LogP contribution < -0.4 is 16.0 Å². The van der Waals surface area contributed by atoms with Crippen LogP contribution in [0.15, 0.2) is 72.8 Å². The summed E-state index contributed by atoms with van der Waals surface area (Å²) in [4.78, 5) is 0. The maximum atomic E-state index is 10.6. The number of hydrogen-bond donors (Lipinski definition) is 6. The highest BCUT2D eigenvalue weighted by atomic mass is 35.5. The number of anilines is 3. The van der Waals surface area contributed by atoms with Gasteiger partial charge in [-0.15, -0.1) is 37.2 Å². The van der Waals surface area contributed by atoms with Crippen LogP contribution in [0.25, 0.3) is 0 Å². The first-order valence-corrected chi connectivity index (χ1v) is 10.9. The Morgan fingerprint density at radius 1 is 0.528 bits per heavy atom. The van der Waals surface area contributed by atoms with Gasteiger partial charge in [-0.05, 0) is 53.1 Å². The summed E-state index contributed by atoms with van der Waals surface area (Å²) in [5, 5.41) is 47.1. The highest BCUT2D eigenvalue weighted by Gasteiger charge is 2.36. The van der Waals surface area contributed by atoms with E-state index >= 15 is 0 Å². The number of rotatable bonds is 12. The number of nitrogens with one attached hydrogen (secondary N) is 3. The lowest BCUT2D eigenvalue weighted by atomic mass is 9.70. The summed E-state index contributed by atoms with van der Waals surface area (Å²) in [6.07, 6.45) is 0. The van der Waals surface area contributed by atoms with Gasteiger partial charge in [-0.1, -0.05) is 36.4 Å². The molecular weight excluding hydrogens is 523 g/mol. The minimum atomic E-state index is -1.04. The van der Waals surface area contributed by atoms with Gasteiger partial charge in [-0.25, -0.2) is 0 Å². The van der Waals surface area contributed by atoms with E-state index in [0.717, 1.165) is 33.8 Å². The standard InChI is InChI=1S/C26H30N4O3.3ClH/c27-19-26(20-1-7-23(8-2-20)28-13-16-31,21-3-9-24(10-4-21)29-14-17-32)22-5-11-25(12-6-22)30-15-18-33;;;/h1-12,28-33H,13-18H2;3*1H. The third-order valence-electron chi connectivity index (χ3n) is 5.44.